The molecule has 7 nitrogen and oxygen atoms in total. The number of rotatable bonds is 4. The van der Waals surface area contributed by atoms with Crippen molar-refractivity contribution in [1.29, 1.82) is 0 Å². The Kier molecular flexibility index (Phi) is 3.26. The summed E-state index contributed by atoms with van der Waals surface area (Å²) in [4.78, 5) is 10.3. The Morgan fingerprint density at radius 3 is 2.42 bits per heavy atom. The highest BCUT2D eigenvalue weighted by Gasteiger charge is 2.18. The van der Waals surface area contributed by atoms with Gasteiger partial charge < -0.3 is 0 Å². The number of nitro benzene ring substituents is 1. The van der Waals surface area contributed by atoms with Crippen LogP contribution >= 0.6 is 0 Å². The molecule has 1 N–H and O–H groups in total. The normalized spacial score (nSPS) is 11.2. The van der Waals surface area contributed by atoms with Gasteiger partial charge in [-0.25, -0.2) is 8.42 Å². The van der Waals surface area contributed by atoms with Gasteiger partial charge in [-0.05, 0) is 24.3 Å². The Morgan fingerprint density at radius 1 is 1.26 bits per heavy atom. The van der Waals surface area contributed by atoms with Crippen LogP contribution < -0.4 is 5.43 Å². The number of anilines is 1. The van der Waals surface area contributed by atoms with Crippen molar-refractivity contribution in [1.82, 2.24) is 4.68 Å². The molecule has 2 rings (SSSR count). The van der Waals surface area contributed by atoms with Crippen LogP contribution in [0, 0.1) is 10.1 Å². The average molecular weight is 281 g/mol. The van der Waals surface area contributed by atoms with E-state index in [0.29, 0.717) is 0 Å². The van der Waals surface area contributed by atoms with Crippen LogP contribution in [-0.4, -0.2) is 24.3 Å². The second kappa shape index (κ2) is 4.73. The lowest BCUT2D eigenvalue weighted by Crippen LogP contribution is -2.08. The van der Waals surface area contributed by atoms with Gasteiger partial charge in [0.25, 0.3) is 5.69 Å². The maximum absolute atomic E-state index is 11.4. The molecule has 1 heterocycles. The minimum Gasteiger partial charge on any atom is -0.288 e. The fraction of sp³-hybridized carbons (Fsp3) is 0.0909. The van der Waals surface area contributed by atoms with Crippen LogP contribution in [0.1, 0.15) is 0 Å². The van der Waals surface area contributed by atoms with E-state index >= 15 is 0 Å². The summed E-state index contributed by atoms with van der Waals surface area (Å²) in [5.41, 5.74) is 2.71. The fourth-order valence-electron chi connectivity index (χ4n) is 1.54. The van der Waals surface area contributed by atoms with Crippen molar-refractivity contribution in [3.05, 3.63) is 52.8 Å². The fourth-order valence-corrected chi connectivity index (χ4v) is 2.18. The molecule has 1 aromatic carbocycles. The summed E-state index contributed by atoms with van der Waals surface area (Å²) in [7, 11) is -3.48. The second-order valence-electron chi connectivity index (χ2n) is 3.91. The summed E-state index contributed by atoms with van der Waals surface area (Å²) in [6.45, 7) is 0. The molecule has 0 bridgehead atoms. The van der Waals surface area contributed by atoms with Crippen molar-refractivity contribution in [3.63, 3.8) is 0 Å². The smallest absolute Gasteiger partial charge is 0.288 e. The molecule has 0 saturated carbocycles. The SMILES string of the molecule is CS(=O)(=O)c1ccc(Nn2cccc2)c([N+](=O)[O-])c1. The first-order chi connectivity index (χ1) is 8.88. The average Bonchev–Trinajstić information content (AvgIpc) is 2.80. The molecule has 8 heteroatoms. The zero-order valence-electron chi connectivity index (χ0n) is 9.98. The van der Waals surface area contributed by atoms with Gasteiger partial charge in [-0.3, -0.25) is 20.2 Å². The number of nitrogens with zero attached hydrogens (tertiary/aromatic N) is 2. The van der Waals surface area contributed by atoms with Gasteiger partial charge in [0.1, 0.15) is 5.69 Å². The molecule has 0 aliphatic carbocycles. The van der Waals surface area contributed by atoms with Crippen LogP contribution in [0.2, 0.25) is 0 Å². The standard InChI is InChI=1S/C11H11N3O4S/c1-19(17,18)9-4-5-10(11(8-9)14(15)16)12-13-6-2-3-7-13/h2-8,12H,1H3. The third kappa shape index (κ3) is 2.91. The van der Waals surface area contributed by atoms with E-state index in [2.05, 4.69) is 5.43 Å². The Hall–Kier alpha value is -2.35. The maximum atomic E-state index is 11.4. The number of benzene rings is 1. The highest BCUT2D eigenvalue weighted by molar-refractivity contribution is 7.90. The minimum atomic E-state index is -3.48. The highest BCUT2D eigenvalue weighted by atomic mass is 32.2. The first-order valence-electron chi connectivity index (χ1n) is 5.26. The Morgan fingerprint density at radius 2 is 1.89 bits per heavy atom. The van der Waals surface area contributed by atoms with E-state index in [1.54, 1.807) is 24.5 Å². The Bertz CT molecular complexity index is 708. The van der Waals surface area contributed by atoms with Gasteiger partial charge in [0, 0.05) is 24.7 Å². The molecule has 0 fully saturated rings. The third-order valence-electron chi connectivity index (χ3n) is 2.45. The number of sulfone groups is 1. The minimum absolute atomic E-state index is 0.0859. The maximum Gasteiger partial charge on any atom is 0.295 e. The van der Waals surface area contributed by atoms with E-state index in [-0.39, 0.29) is 16.3 Å². The molecule has 0 radical (unpaired) electrons. The van der Waals surface area contributed by atoms with Crippen LogP contribution in [0.4, 0.5) is 11.4 Å². The van der Waals surface area contributed by atoms with Crippen molar-refractivity contribution in [2.75, 3.05) is 11.7 Å². The van der Waals surface area contributed by atoms with Gasteiger partial charge in [0.05, 0.1) is 9.82 Å². The zero-order chi connectivity index (χ0) is 14.0. The summed E-state index contributed by atoms with van der Waals surface area (Å²) in [6, 6.07) is 7.25. The van der Waals surface area contributed by atoms with E-state index in [1.807, 2.05) is 0 Å². The summed E-state index contributed by atoms with van der Waals surface area (Å²) < 4.78 is 24.3. The van der Waals surface area contributed by atoms with Gasteiger partial charge in [-0.2, -0.15) is 0 Å². The first kappa shape index (κ1) is 13.1. The molecule has 0 atom stereocenters. The van der Waals surface area contributed by atoms with E-state index in [0.717, 1.165) is 12.3 Å². The monoisotopic (exact) mass is 281 g/mol. The Balaban J connectivity index is 2.47. The third-order valence-corrected chi connectivity index (χ3v) is 3.56. The second-order valence-corrected chi connectivity index (χ2v) is 5.93. The lowest BCUT2D eigenvalue weighted by Gasteiger charge is -2.08. The molecule has 2 aromatic rings. The number of hydrogen-bond acceptors (Lipinski definition) is 5. The van der Waals surface area contributed by atoms with Gasteiger partial charge in [-0.15, -0.1) is 0 Å². The van der Waals surface area contributed by atoms with Crippen molar-refractivity contribution in [2.24, 2.45) is 0 Å². The van der Waals surface area contributed by atoms with Crippen LogP contribution in [0.5, 0.6) is 0 Å². The van der Waals surface area contributed by atoms with Crippen LogP contribution in [-0.2, 0) is 9.84 Å². The lowest BCUT2D eigenvalue weighted by molar-refractivity contribution is -0.384. The molecule has 19 heavy (non-hydrogen) atoms. The Labute approximate surface area is 109 Å². The van der Waals surface area contributed by atoms with Gasteiger partial charge in [-0.1, -0.05) is 0 Å². The van der Waals surface area contributed by atoms with Crippen molar-refractivity contribution >= 4 is 21.2 Å². The highest BCUT2D eigenvalue weighted by Crippen LogP contribution is 2.27. The number of hydrogen-bond donors (Lipinski definition) is 1. The van der Waals surface area contributed by atoms with Gasteiger partial charge in [0.15, 0.2) is 9.84 Å². The molecule has 0 amide bonds. The number of aromatic nitrogens is 1. The summed E-state index contributed by atoms with van der Waals surface area (Å²) in [6.07, 6.45) is 4.35. The van der Waals surface area contributed by atoms with Gasteiger partial charge in [0.2, 0.25) is 0 Å². The van der Waals surface area contributed by atoms with Crippen molar-refractivity contribution < 1.29 is 13.3 Å². The molecule has 0 saturated heterocycles. The van der Waals surface area contributed by atoms with Crippen molar-refractivity contribution in [3.8, 4) is 0 Å². The van der Waals surface area contributed by atoms with E-state index in [4.69, 9.17) is 0 Å². The summed E-state index contributed by atoms with van der Waals surface area (Å²) in [5.74, 6) is 0. The summed E-state index contributed by atoms with van der Waals surface area (Å²) >= 11 is 0. The molecule has 1 aromatic heterocycles. The molecular formula is C11H11N3O4S. The van der Waals surface area contributed by atoms with Crippen molar-refractivity contribution in [2.45, 2.75) is 4.90 Å². The largest absolute Gasteiger partial charge is 0.295 e. The summed E-state index contributed by atoms with van der Waals surface area (Å²) in [5, 5.41) is 11.0. The van der Waals surface area contributed by atoms with E-state index < -0.39 is 14.8 Å². The molecule has 100 valence electrons. The number of nitro groups is 1. The number of nitrogens with one attached hydrogen (secondary N) is 1. The lowest BCUT2D eigenvalue weighted by atomic mass is 10.3. The van der Waals surface area contributed by atoms with Crippen LogP contribution in [0.3, 0.4) is 0 Å². The van der Waals surface area contributed by atoms with Crippen LogP contribution in [0.25, 0.3) is 0 Å². The quantitative estimate of drug-likeness (QED) is 0.679. The predicted molar refractivity (Wildman–Crippen MR) is 69.7 cm³/mol. The molecular weight excluding hydrogens is 270 g/mol. The zero-order valence-corrected chi connectivity index (χ0v) is 10.8. The van der Waals surface area contributed by atoms with E-state index in [9.17, 15) is 18.5 Å². The molecule has 0 aliphatic heterocycles. The predicted octanol–water partition coefficient (Wildman–Crippen LogP) is 1.68. The van der Waals surface area contributed by atoms with Crippen LogP contribution in [0.15, 0.2) is 47.6 Å². The molecule has 0 aliphatic rings. The topological polar surface area (TPSA) is 94.2 Å². The molecule has 0 spiro atoms. The first-order valence-corrected chi connectivity index (χ1v) is 7.15. The van der Waals surface area contributed by atoms with Gasteiger partial charge >= 0.3 is 0 Å². The molecule has 0 unspecified atom stereocenters. The van der Waals surface area contributed by atoms with E-state index in [1.165, 1.54) is 16.8 Å².